The van der Waals surface area contributed by atoms with Crippen molar-refractivity contribution in [2.75, 3.05) is 63.8 Å². The number of aromatic nitrogens is 2. The quantitative estimate of drug-likeness (QED) is 0.697. The summed E-state index contributed by atoms with van der Waals surface area (Å²) in [6.07, 6.45) is 0. The number of hydrogen-bond acceptors (Lipinski definition) is 6. The lowest BCUT2D eigenvalue weighted by molar-refractivity contribution is 0.0303. The molecule has 10 nitrogen and oxygen atoms in total. The van der Waals surface area contributed by atoms with Crippen molar-refractivity contribution in [2.45, 2.75) is 6.54 Å². The van der Waals surface area contributed by atoms with Crippen LogP contribution in [0.4, 0.5) is 22.1 Å². The Bertz CT molecular complexity index is 1060. The minimum absolute atomic E-state index is 0.0420. The zero-order valence-electron chi connectivity index (χ0n) is 18.2. The van der Waals surface area contributed by atoms with Crippen LogP contribution in [-0.2, 0) is 16.0 Å². The molecule has 4 rings (SSSR count). The highest BCUT2D eigenvalue weighted by Crippen LogP contribution is 2.33. The highest BCUT2D eigenvalue weighted by Gasteiger charge is 2.26. The molecule has 10 heteroatoms. The fourth-order valence-corrected chi connectivity index (χ4v) is 3.72. The monoisotopic (exact) mass is 438 g/mol. The Hall–Kier alpha value is -3.55. The van der Waals surface area contributed by atoms with Crippen LogP contribution < -0.4 is 15.5 Å². The highest BCUT2D eigenvalue weighted by molar-refractivity contribution is 5.96. The molecule has 3 heterocycles. The van der Waals surface area contributed by atoms with Crippen LogP contribution in [0.15, 0.2) is 24.3 Å². The molecule has 0 atom stereocenters. The first-order valence-electron chi connectivity index (χ1n) is 10.4. The maximum Gasteiger partial charge on any atom is 0.320 e. The predicted octanol–water partition coefficient (Wildman–Crippen LogP) is 1.26. The number of anilines is 3. The summed E-state index contributed by atoms with van der Waals surface area (Å²) < 4.78 is 12.2. The van der Waals surface area contributed by atoms with Gasteiger partial charge in [0.05, 0.1) is 19.8 Å². The third-order valence-corrected chi connectivity index (χ3v) is 5.26. The van der Waals surface area contributed by atoms with Crippen LogP contribution in [0.3, 0.4) is 0 Å². The minimum Gasteiger partial charge on any atom is -0.378 e. The molecule has 0 aliphatic carbocycles. The molecule has 1 aromatic carbocycles. The van der Waals surface area contributed by atoms with Crippen molar-refractivity contribution in [3.63, 3.8) is 0 Å². The van der Waals surface area contributed by atoms with Crippen LogP contribution in [0.2, 0.25) is 0 Å². The lowest BCUT2D eigenvalue weighted by Gasteiger charge is -2.27. The van der Waals surface area contributed by atoms with Gasteiger partial charge in [-0.25, -0.2) is 9.48 Å². The Labute approximate surface area is 186 Å². The molecule has 1 aromatic heterocycles. The van der Waals surface area contributed by atoms with Gasteiger partial charge in [-0.15, -0.1) is 0 Å². The van der Waals surface area contributed by atoms with Crippen molar-refractivity contribution >= 4 is 29.3 Å². The topological polar surface area (TPSA) is 101 Å². The molecule has 2 aliphatic heterocycles. The van der Waals surface area contributed by atoms with Gasteiger partial charge < -0.3 is 24.6 Å². The predicted molar refractivity (Wildman–Crippen MR) is 119 cm³/mol. The van der Waals surface area contributed by atoms with Gasteiger partial charge in [0.15, 0.2) is 5.82 Å². The lowest BCUT2D eigenvalue weighted by Crippen LogP contribution is -2.40. The molecule has 1 saturated heterocycles. The van der Waals surface area contributed by atoms with E-state index in [2.05, 4.69) is 32.5 Å². The summed E-state index contributed by atoms with van der Waals surface area (Å²) >= 11 is 0. The number of methoxy groups -OCH3 is 1. The largest absolute Gasteiger partial charge is 0.378 e. The second-order valence-corrected chi connectivity index (χ2v) is 7.37. The zero-order valence-corrected chi connectivity index (χ0v) is 18.2. The molecular formula is C22H26N6O4. The van der Waals surface area contributed by atoms with Crippen LogP contribution in [-0.4, -0.2) is 80.2 Å². The number of amides is 3. The zero-order chi connectivity index (χ0) is 22.5. The van der Waals surface area contributed by atoms with Gasteiger partial charge in [-0.05, 0) is 18.2 Å². The van der Waals surface area contributed by atoms with E-state index in [9.17, 15) is 9.59 Å². The number of carbonyl (C=O) groups excluding carboxylic acids is 2. The van der Waals surface area contributed by atoms with Crippen LogP contribution in [0, 0.1) is 11.8 Å². The second-order valence-electron chi connectivity index (χ2n) is 7.37. The van der Waals surface area contributed by atoms with Crippen molar-refractivity contribution in [1.29, 1.82) is 0 Å². The van der Waals surface area contributed by atoms with Crippen LogP contribution >= 0.6 is 0 Å². The van der Waals surface area contributed by atoms with E-state index in [1.807, 2.05) is 28.9 Å². The van der Waals surface area contributed by atoms with Crippen molar-refractivity contribution in [1.82, 2.24) is 20.0 Å². The summed E-state index contributed by atoms with van der Waals surface area (Å²) in [4.78, 5) is 28.7. The Morgan fingerprint density at radius 1 is 1.16 bits per heavy atom. The van der Waals surface area contributed by atoms with Crippen molar-refractivity contribution < 1.29 is 19.1 Å². The number of fused-ring (bicyclic) bond motifs is 1. The molecule has 0 bridgehead atoms. The molecule has 32 heavy (non-hydrogen) atoms. The molecule has 0 unspecified atom stereocenters. The number of carbonyl (C=O) groups is 2. The first-order chi connectivity index (χ1) is 15.6. The van der Waals surface area contributed by atoms with Gasteiger partial charge in [0.25, 0.3) is 5.91 Å². The molecule has 0 spiro atoms. The normalized spacial score (nSPS) is 15.1. The molecule has 3 amide bonds. The van der Waals surface area contributed by atoms with E-state index >= 15 is 0 Å². The maximum atomic E-state index is 13.2. The van der Waals surface area contributed by atoms with E-state index in [0.717, 1.165) is 17.1 Å². The number of morpholine rings is 1. The van der Waals surface area contributed by atoms with Gasteiger partial charge in [0.1, 0.15) is 12.4 Å². The molecule has 168 valence electrons. The molecular weight excluding hydrogens is 412 g/mol. The number of nitrogens with zero attached hydrogens (tertiary/aromatic N) is 4. The number of hydrogen-bond donors (Lipinski definition) is 2. The van der Waals surface area contributed by atoms with Crippen molar-refractivity contribution in [3.05, 3.63) is 35.4 Å². The summed E-state index contributed by atoms with van der Waals surface area (Å²) in [5.74, 6) is 7.30. The third kappa shape index (κ3) is 4.69. The Morgan fingerprint density at radius 3 is 2.72 bits per heavy atom. The van der Waals surface area contributed by atoms with E-state index in [0.29, 0.717) is 57.4 Å². The smallest absolute Gasteiger partial charge is 0.320 e. The Balaban J connectivity index is 1.66. The summed E-state index contributed by atoms with van der Waals surface area (Å²) in [6.45, 7) is 3.88. The molecule has 0 saturated carbocycles. The van der Waals surface area contributed by atoms with E-state index in [4.69, 9.17) is 9.47 Å². The van der Waals surface area contributed by atoms with Crippen LogP contribution in [0.25, 0.3) is 0 Å². The van der Waals surface area contributed by atoms with Gasteiger partial charge in [0.2, 0.25) is 0 Å². The van der Waals surface area contributed by atoms with Gasteiger partial charge in [-0.3, -0.25) is 10.1 Å². The van der Waals surface area contributed by atoms with Gasteiger partial charge in [0, 0.05) is 56.7 Å². The first kappa shape index (κ1) is 21.7. The molecule has 2 aliphatic rings. The van der Waals surface area contributed by atoms with Gasteiger partial charge in [-0.2, -0.15) is 5.10 Å². The Kier molecular flexibility index (Phi) is 6.58. The fraction of sp³-hybridized carbons (Fsp3) is 0.409. The van der Waals surface area contributed by atoms with Gasteiger partial charge in [-0.1, -0.05) is 11.8 Å². The van der Waals surface area contributed by atoms with Crippen LogP contribution in [0.5, 0.6) is 0 Å². The summed E-state index contributed by atoms with van der Waals surface area (Å²) in [6, 6.07) is 7.13. The van der Waals surface area contributed by atoms with E-state index < -0.39 is 0 Å². The molecule has 2 aromatic rings. The summed E-state index contributed by atoms with van der Waals surface area (Å²) in [5, 5.41) is 9.65. The average Bonchev–Trinajstić information content (AvgIpc) is 3.39. The highest BCUT2D eigenvalue weighted by atomic mass is 16.5. The molecule has 1 fully saturated rings. The maximum absolute atomic E-state index is 13.2. The number of benzene rings is 1. The van der Waals surface area contributed by atoms with E-state index in [1.165, 1.54) is 0 Å². The molecule has 0 radical (unpaired) electrons. The Morgan fingerprint density at radius 2 is 1.97 bits per heavy atom. The standard InChI is InChI=1S/C22H26N6O4/c1-23-22(30)24-19-15-20-27(5-6-28(20)25-19)18-13-16(4-3-9-31-2)12-17(14-18)21(29)26-7-10-32-11-8-26/h12-15H,5-11H2,1-2H3,(H2,23,24,25,30). The second kappa shape index (κ2) is 9.72. The number of nitrogens with one attached hydrogen (secondary N) is 2. The fourth-order valence-electron chi connectivity index (χ4n) is 3.72. The SMILES string of the molecule is CNC(=O)Nc1cc2n(n1)CCN2c1cc(C#CCOC)cc(C(=O)N2CCOCC2)c1. The third-order valence-electron chi connectivity index (χ3n) is 5.26. The van der Waals surface area contributed by atoms with Crippen molar-refractivity contribution in [2.24, 2.45) is 0 Å². The molecule has 2 N–H and O–H groups in total. The van der Waals surface area contributed by atoms with Crippen molar-refractivity contribution in [3.8, 4) is 11.8 Å². The number of ether oxygens (including phenoxy) is 2. The summed E-state index contributed by atoms with van der Waals surface area (Å²) in [5.41, 5.74) is 2.15. The summed E-state index contributed by atoms with van der Waals surface area (Å²) in [7, 11) is 3.14. The minimum atomic E-state index is -0.331. The van der Waals surface area contributed by atoms with Crippen LogP contribution in [0.1, 0.15) is 15.9 Å². The number of urea groups is 1. The first-order valence-corrected chi connectivity index (χ1v) is 10.4. The van der Waals surface area contributed by atoms with Gasteiger partial charge >= 0.3 is 6.03 Å². The number of rotatable bonds is 4. The average molecular weight is 438 g/mol. The van der Waals surface area contributed by atoms with E-state index in [-0.39, 0.29) is 11.9 Å². The van der Waals surface area contributed by atoms with E-state index in [1.54, 1.807) is 19.1 Å². The lowest BCUT2D eigenvalue weighted by atomic mass is 10.1.